The molecule has 23 heavy (non-hydrogen) atoms. The summed E-state index contributed by atoms with van der Waals surface area (Å²) in [5.41, 5.74) is 0.881. The molecule has 120 valence electrons. The van der Waals surface area contributed by atoms with E-state index in [4.69, 9.17) is 9.47 Å². The molecule has 6 heteroatoms. The van der Waals surface area contributed by atoms with Gasteiger partial charge in [-0.1, -0.05) is 18.2 Å². The van der Waals surface area contributed by atoms with Gasteiger partial charge in [0, 0.05) is 18.4 Å². The summed E-state index contributed by atoms with van der Waals surface area (Å²) in [6, 6.07) is 5.47. The van der Waals surface area contributed by atoms with Crippen molar-refractivity contribution in [3.8, 4) is 11.5 Å². The first-order valence-electron chi connectivity index (χ1n) is 7.69. The smallest absolute Gasteiger partial charge is 0.231 e. The van der Waals surface area contributed by atoms with E-state index in [1.807, 2.05) is 24.3 Å². The minimum Gasteiger partial charge on any atom is -0.550 e. The van der Waals surface area contributed by atoms with E-state index in [1.54, 1.807) is 6.07 Å². The Morgan fingerprint density at radius 2 is 1.87 bits per heavy atom. The van der Waals surface area contributed by atoms with Crippen molar-refractivity contribution in [2.45, 2.75) is 13.0 Å². The first-order chi connectivity index (χ1) is 11.1. The largest absolute Gasteiger partial charge is 0.550 e. The number of allylic oxidation sites excluding steroid dienone is 2. The molecule has 2 bridgehead atoms. The van der Waals surface area contributed by atoms with Gasteiger partial charge in [0.25, 0.3) is 0 Å². The predicted molar refractivity (Wildman–Crippen MR) is 77.1 cm³/mol. The zero-order chi connectivity index (χ0) is 16.0. The average Bonchev–Trinajstić information content (AvgIpc) is 3.25. The molecule has 4 unspecified atom stereocenters. The monoisotopic (exact) mass is 314 g/mol. The van der Waals surface area contributed by atoms with Gasteiger partial charge in [-0.3, -0.25) is 4.79 Å². The van der Waals surface area contributed by atoms with Crippen molar-refractivity contribution in [1.82, 2.24) is 5.32 Å². The van der Waals surface area contributed by atoms with Gasteiger partial charge in [0.2, 0.25) is 12.7 Å². The molecule has 1 saturated carbocycles. The van der Waals surface area contributed by atoms with E-state index < -0.39 is 17.8 Å². The Bertz CT molecular complexity index is 698. The maximum Gasteiger partial charge on any atom is 0.231 e. The molecule has 1 aliphatic heterocycles. The van der Waals surface area contributed by atoms with Crippen LogP contribution < -0.4 is 19.9 Å². The highest BCUT2D eigenvalue weighted by molar-refractivity contribution is 5.86. The third-order valence-corrected chi connectivity index (χ3v) is 4.94. The van der Waals surface area contributed by atoms with Gasteiger partial charge >= 0.3 is 0 Å². The number of benzene rings is 1. The molecule has 1 fully saturated rings. The van der Waals surface area contributed by atoms with Gasteiger partial charge in [0.15, 0.2) is 11.5 Å². The maximum absolute atomic E-state index is 12.5. The topological polar surface area (TPSA) is 87.7 Å². The molecule has 1 heterocycles. The molecular formula is C17H16NO5-. The Labute approximate surface area is 133 Å². The average molecular weight is 314 g/mol. The third-order valence-electron chi connectivity index (χ3n) is 4.94. The van der Waals surface area contributed by atoms with E-state index in [0.29, 0.717) is 18.0 Å². The molecule has 1 aromatic carbocycles. The van der Waals surface area contributed by atoms with Crippen LogP contribution in [0.5, 0.6) is 11.5 Å². The Hall–Kier alpha value is -2.50. The molecule has 4 atom stereocenters. The van der Waals surface area contributed by atoms with Crippen LogP contribution in [0.15, 0.2) is 30.4 Å². The van der Waals surface area contributed by atoms with Crippen LogP contribution in [0.1, 0.15) is 12.0 Å². The summed E-state index contributed by atoms with van der Waals surface area (Å²) in [6.07, 6.45) is 4.57. The van der Waals surface area contributed by atoms with Gasteiger partial charge in [0.05, 0.1) is 5.92 Å². The summed E-state index contributed by atoms with van der Waals surface area (Å²) in [7, 11) is 0. The summed E-state index contributed by atoms with van der Waals surface area (Å²) in [4.78, 5) is 23.8. The normalized spacial score (nSPS) is 29.7. The number of ether oxygens (including phenoxy) is 2. The number of amides is 1. The summed E-state index contributed by atoms with van der Waals surface area (Å²) in [5.74, 6) is -1.35. The van der Waals surface area contributed by atoms with Gasteiger partial charge in [0.1, 0.15) is 0 Å². The van der Waals surface area contributed by atoms with Gasteiger partial charge in [-0.2, -0.15) is 0 Å². The highest BCUT2D eigenvalue weighted by Gasteiger charge is 2.48. The van der Waals surface area contributed by atoms with E-state index >= 15 is 0 Å². The van der Waals surface area contributed by atoms with Crippen molar-refractivity contribution >= 4 is 11.9 Å². The number of nitrogens with one attached hydrogen (secondary N) is 1. The number of carbonyl (C=O) groups is 2. The Morgan fingerprint density at radius 1 is 1.13 bits per heavy atom. The summed E-state index contributed by atoms with van der Waals surface area (Å²) >= 11 is 0. The number of rotatable bonds is 4. The lowest BCUT2D eigenvalue weighted by atomic mass is 9.82. The number of hydrogen-bond acceptors (Lipinski definition) is 5. The molecule has 1 aromatic rings. The molecule has 2 aliphatic carbocycles. The quantitative estimate of drug-likeness (QED) is 0.803. The van der Waals surface area contributed by atoms with Crippen molar-refractivity contribution < 1.29 is 24.2 Å². The third kappa shape index (κ3) is 2.34. The van der Waals surface area contributed by atoms with Crippen molar-refractivity contribution in [3.05, 3.63) is 35.9 Å². The number of fused-ring (bicyclic) bond motifs is 3. The van der Waals surface area contributed by atoms with Crippen LogP contribution in [-0.4, -0.2) is 18.7 Å². The van der Waals surface area contributed by atoms with Crippen LogP contribution >= 0.6 is 0 Å². The fourth-order valence-corrected chi connectivity index (χ4v) is 3.86. The number of carboxylic acid groups (broad SMARTS) is 1. The van der Waals surface area contributed by atoms with Gasteiger partial charge < -0.3 is 24.7 Å². The van der Waals surface area contributed by atoms with E-state index in [2.05, 4.69) is 5.32 Å². The van der Waals surface area contributed by atoms with Crippen LogP contribution in [-0.2, 0) is 16.1 Å². The van der Waals surface area contributed by atoms with Crippen molar-refractivity contribution in [3.63, 3.8) is 0 Å². The minimum atomic E-state index is -1.13. The second kappa shape index (κ2) is 5.30. The lowest BCUT2D eigenvalue weighted by molar-refractivity contribution is -0.313. The standard InChI is InChI=1S/C17H17NO5/c19-16(14-10-2-3-11(6-10)15(14)17(20)21)18-7-9-1-4-12-13(5-9)23-8-22-12/h1-5,10-11,14-15H,6-8H2,(H,18,19)(H,20,21)/p-1. The number of carbonyl (C=O) groups excluding carboxylic acids is 2. The van der Waals surface area contributed by atoms with Crippen molar-refractivity contribution in [2.24, 2.45) is 23.7 Å². The Morgan fingerprint density at radius 3 is 2.65 bits per heavy atom. The van der Waals surface area contributed by atoms with Crippen molar-refractivity contribution in [2.75, 3.05) is 6.79 Å². The molecule has 0 spiro atoms. The number of carboxylic acids is 1. The predicted octanol–water partition coefficient (Wildman–Crippen LogP) is 0.220. The second-order valence-corrected chi connectivity index (χ2v) is 6.22. The van der Waals surface area contributed by atoms with Crippen molar-refractivity contribution in [1.29, 1.82) is 0 Å². The first-order valence-corrected chi connectivity index (χ1v) is 7.69. The number of hydrogen-bond donors (Lipinski definition) is 1. The highest BCUT2D eigenvalue weighted by atomic mass is 16.7. The molecule has 0 aromatic heterocycles. The zero-order valence-electron chi connectivity index (χ0n) is 12.4. The molecule has 1 amide bonds. The van der Waals surface area contributed by atoms with Crippen LogP contribution in [0.25, 0.3) is 0 Å². The fourth-order valence-electron chi connectivity index (χ4n) is 3.86. The second-order valence-electron chi connectivity index (χ2n) is 6.22. The molecule has 4 rings (SSSR count). The maximum atomic E-state index is 12.5. The lowest BCUT2D eigenvalue weighted by Crippen LogP contribution is -2.44. The van der Waals surface area contributed by atoms with Crippen LogP contribution in [0.2, 0.25) is 0 Å². The number of aliphatic carboxylic acids is 1. The summed E-state index contributed by atoms with van der Waals surface area (Å²) < 4.78 is 10.5. The SMILES string of the molecule is O=C([O-])C1C2C=CC(C2)C1C(=O)NCc1ccc2c(c1)OCO2. The van der Waals surface area contributed by atoms with E-state index in [9.17, 15) is 14.7 Å². The van der Waals surface area contributed by atoms with Gasteiger partial charge in [-0.05, 0) is 36.0 Å². The van der Waals surface area contributed by atoms with Gasteiger partial charge in [-0.25, -0.2) is 0 Å². The highest BCUT2D eigenvalue weighted by Crippen LogP contribution is 2.47. The minimum absolute atomic E-state index is 0.000320. The fraction of sp³-hybridized carbons (Fsp3) is 0.412. The van der Waals surface area contributed by atoms with Crippen LogP contribution in [0.3, 0.4) is 0 Å². The Balaban J connectivity index is 1.44. The van der Waals surface area contributed by atoms with Crippen LogP contribution in [0, 0.1) is 23.7 Å². The zero-order valence-corrected chi connectivity index (χ0v) is 12.4. The first kappa shape index (κ1) is 14.1. The van der Waals surface area contributed by atoms with Gasteiger partial charge in [-0.15, -0.1) is 0 Å². The molecule has 1 N–H and O–H groups in total. The summed E-state index contributed by atoms with van der Waals surface area (Å²) in [6.45, 7) is 0.531. The molecule has 3 aliphatic rings. The molecular weight excluding hydrogens is 298 g/mol. The lowest BCUT2D eigenvalue weighted by Gasteiger charge is -2.27. The Kier molecular flexibility index (Phi) is 3.25. The van der Waals surface area contributed by atoms with Crippen LogP contribution in [0.4, 0.5) is 0 Å². The molecule has 0 radical (unpaired) electrons. The summed E-state index contributed by atoms with van der Waals surface area (Å²) in [5, 5.41) is 14.2. The molecule has 0 saturated heterocycles. The molecule has 6 nitrogen and oxygen atoms in total. The van der Waals surface area contributed by atoms with E-state index in [0.717, 1.165) is 12.0 Å². The van der Waals surface area contributed by atoms with E-state index in [-0.39, 0.29) is 24.5 Å². The van der Waals surface area contributed by atoms with E-state index in [1.165, 1.54) is 0 Å².